The number of rotatable bonds is 1. The van der Waals surface area contributed by atoms with Crippen molar-refractivity contribution in [3.05, 3.63) is 84.0 Å². The molecule has 0 bridgehead atoms. The van der Waals surface area contributed by atoms with Crippen LogP contribution in [0.25, 0.3) is 0 Å². The number of aromatic hydroxyl groups is 1. The topological polar surface area (TPSA) is 95.2 Å². The van der Waals surface area contributed by atoms with Crippen LogP contribution in [0.15, 0.2) is 50.5 Å². The van der Waals surface area contributed by atoms with Gasteiger partial charge in [-0.3, -0.25) is 14.8 Å². The third kappa shape index (κ3) is 2.47. The van der Waals surface area contributed by atoms with Crippen LogP contribution in [0, 0.1) is 6.92 Å². The first-order valence-electron chi connectivity index (χ1n) is 7.58. The maximum absolute atomic E-state index is 12.5. The van der Waals surface area contributed by atoms with Crippen LogP contribution in [0.4, 0.5) is 0 Å². The van der Waals surface area contributed by atoms with Crippen molar-refractivity contribution < 1.29 is 9.84 Å². The van der Waals surface area contributed by atoms with Gasteiger partial charge in [-0.05, 0) is 30.2 Å². The highest BCUT2D eigenvalue weighted by Gasteiger charge is 2.34. The van der Waals surface area contributed by atoms with Gasteiger partial charge in [0.25, 0.3) is 5.56 Å². The number of H-pyrrole nitrogens is 2. The number of phenolic OH excluding ortho intramolecular Hbond substituents is 1. The van der Waals surface area contributed by atoms with Gasteiger partial charge in [-0.2, -0.15) is 0 Å². The van der Waals surface area contributed by atoms with Gasteiger partial charge in [-0.1, -0.05) is 34.1 Å². The standard InChI is InChI=1S/C18H13BrN2O4/c1-8-6-9(22)7-12-13(8)14(10-4-2-3-5-11(10)19)15-16(23)20-18(24)21-17(15)25-12/h2-7,14,22H,1H3,(H2,20,21,23,24). The lowest BCUT2D eigenvalue weighted by Crippen LogP contribution is -2.31. The molecule has 2 aromatic carbocycles. The average Bonchev–Trinajstić information content (AvgIpc) is 2.53. The second-order valence-electron chi connectivity index (χ2n) is 5.88. The monoisotopic (exact) mass is 400 g/mol. The zero-order valence-corrected chi connectivity index (χ0v) is 14.7. The van der Waals surface area contributed by atoms with Gasteiger partial charge in [0.15, 0.2) is 0 Å². The molecule has 1 aliphatic heterocycles. The molecular weight excluding hydrogens is 388 g/mol. The van der Waals surface area contributed by atoms with Crippen molar-refractivity contribution in [3.8, 4) is 17.4 Å². The number of aromatic nitrogens is 2. The van der Waals surface area contributed by atoms with E-state index >= 15 is 0 Å². The molecule has 0 aliphatic carbocycles. The van der Waals surface area contributed by atoms with Crippen LogP contribution < -0.4 is 16.0 Å². The first kappa shape index (κ1) is 15.7. The van der Waals surface area contributed by atoms with Gasteiger partial charge >= 0.3 is 5.69 Å². The van der Waals surface area contributed by atoms with Gasteiger partial charge in [0.2, 0.25) is 5.88 Å². The molecule has 0 radical (unpaired) electrons. The molecule has 1 unspecified atom stereocenters. The third-order valence-corrected chi connectivity index (χ3v) is 5.00. The van der Waals surface area contributed by atoms with Gasteiger partial charge in [-0.25, -0.2) is 4.79 Å². The molecular formula is C18H13BrN2O4. The lowest BCUT2D eigenvalue weighted by atomic mass is 9.82. The highest BCUT2D eigenvalue weighted by molar-refractivity contribution is 9.10. The lowest BCUT2D eigenvalue weighted by molar-refractivity contribution is 0.417. The van der Waals surface area contributed by atoms with Crippen LogP contribution >= 0.6 is 15.9 Å². The SMILES string of the molecule is Cc1cc(O)cc2c1C(c1ccccc1Br)c1c([nH]c(=O)[nH]c1=O)O2. The molecule has 3 aromatic rings. The Morgan fingerprint density at radius 3 is 2.64 bits per heavy atom. The van der Waals surface area contributed by atoms with Crippen LogP contribution in [0.3, 0.4) is 0 Å². The van der Waals surface area contributed by atoms with Gasteiger partial charge in [0.1, 0.15) is 11.5 Å². The van der Waals surface area contributed by atoms with E-state index in [1.54, 1.807) is 6.07 Å². The number of halogens is 1. The molecule has 3 N–H and O–H groups in total. The number of aromatic amines is 2. The van der Waals surface area contributed by atoms with E-state index in [2.05, 4.69) is 25.9 Å². The van der Waals surface area contributed by atoms with Crippen LogP contribution in [-0.2, 0) is 0 Å². The summed E-state index contributed by atoms with van der Waals surface area (Å²) >= 11 is 3.54. The molecule has 6 nitrogen and oxygen atoms in total. The Kier molecular flexibility index (Phi) is 3.54. The van der Waals surface area contributed by atoms with Crippen molar-refractivity contribution in [1.82, 2.24) is 9.97 Å². The van der Waals surface area contributed by atoms with E-state index in [4.69, 9.17) is 4.74 Å². The fraction of sp³-hybridized carbons (Fsp3) is 0.111. The molecule has 1 atom stereocenters. The van der Waals surface area contributed by atoms with Gasteiger partial charge in [0.05, 0.1) is 5.56 Å². The van der Waals surface area contributed by atoms with Crippen molar-refractivity contribution in [1.29, 1.82) is 0 Å². The van der Waals surface area contributed by atoms with Crippen molar-refractivity contribution in [2.75, 3.05) is 0 Å². The molecule has 1 aliphatic rings. The number of hydrogen-bond donors (Lipinski definition) is 3. The smallest absolute Gasteiger partial charge is 0.328 e. The minimum Gasteiger partial charge on any atom is -0.508 e. The van der Waals surface area contributed by atoms with E-state index in [0.717, 1.165) is 21.2 Å². The van der Waals surface area contributed by atoms with Crippen LogP contribution in [0.5, 0.6) is 17.4 Å². The molecule has 0 fully saturated rings. The fourth-order valence-corrected chi connectivity index (χ4v) is 3.81. The first-order chi connectivity index (χ1) is 12.0. The molecule has 2 heterocycles. The summed E-state index contributed by atoms with van der Waals surface area (Å²) in [5, 5.41) is 9.91. The maximum atomic E-state index is 12.5. The van der Waals surface area contributed by atoms with E-state index in [0.29, 0.717) is 11.3 Å². The third-order valence-electron chi connectivity index (χ3n) is 4.28. The Morgan fingerprint density at radius 2 is 1.88 bits per heavy atom. The zero-order chi connectivity index (χ0) is 17.7. The second kappa shape index (κ2) is 5.63. The fourth-order valence-electron chi connectivity index (χ4n) is 3.29. The Balaban J connectivity index is 2.12. The van der Waals surface area contributed by atoms with E-state index in [1.807, 2.05) is 31.2 Å². The van der Waals surface area contributed by atoms with Crippen molar-refractivity contribution in [2.45, 2.75) is 12.8 Å². The molecule has 0 spiro atoms. The summed E-state index contributed by atoms with van der Waals surface area (Å²) in [6.07, 6.45) is 0. The maximum Gasteiger partial charge on any atom is 0.328 e. The lowest BCUT2D eigenvalue weighted by Gasteiger charge is -2.29. The van der Waals surface area contributed by atoms with E-state index < -0.39 is 17.2 Å². The molecule has 1 aromatic heterocycles. The number of phenols is 1. The summed E-state index contributed by atoms with van der Waals surface area (Å²) in [6, 6.07) is 10.7. The van der Waals surface area contributed by atoms with Crippen molar-refractivity contribution in [2.24, 2.45) is 0 Å². The first-order valence-corrected chi connectivity index (χ1v) is 8.37. The Labute approximate surface area is 150 Å². The normalized spacial score (nSPS) is 15.2. The largest absolute Gasteiger partial charge is 0.508 e. The molecule has 4 rings (SSSR count). The van der Waals surface area contributed by atoms with Crippen LogP contribution in [0.2, 0.25) is 0 Å². The number of benzene rings is 2. The quantitative estimate of drug-likeness (QED) is 0.457. The van der Waals surface area contributed by atoms with Gasteiger partial charge in [-0.15, -0.1) is 0 Å². The molecule has 0 saturated heterocycles. The summed E-state index contributed by atoms with van der Waals surface area (Å²) in [5.41, 5.74) is 1.60. The summed E-state index contributed by atoms with van der Waals surface area (Å²) in [6.45, 7) is 1.84. The summed E-state index contributed by atoms with van der Waals surface area (Å²) in [7, 11) is 0. The summed E-state index contributed by atoms with van der Waals surface area (Å²) < 4.78 is 6.57. The number of fused-ring (bicyclic) bond motifs is 2. The number of nitrogens with one attached hydrogen (secondary N) is 2. The highest BCUT2D eigenvalue weighted by atomic mass is 79.9. The van der Waals surface area contributed by atoms with E-state index in [-0.39, 0.29) is 11.6 Å². The molecule has 7 heteroatoms. The van der Waals surface area contributed by atoms with E-state index in [1.165, 1.54) is 6.07 Å². The number of ether oxygens (including phenoxy) is 1. The minimum absolute atomic E-state index is 0.0535. The Hall–Kier alpha value is -2.80. The molecule has 126 valence electrons. The number of aryl methyl sites for hydroxylation is 1. The highest BCUT2D eigenvalue weighted by Crippen LogP contribution is 2.48. The van der Waals surface area contributed by atoms with Crippen LogP contribution in [-0.4, -0.2) is 15.1 Å². The molecule has 0 amide bonds. The van der Waals surface area contributed by atoms with Crippen molar-refractivity contribution >= 4 is 15.9 Å². The Bertz CT molecular complexity index is 1120. The van der Waals surface area contributed by atoms with Gasteiger partial charge < -0.3 is 9.84 Å². The zero-order valence-electron chi connectivity index (χ0n) is 13.1. The number of hydrogen-bond acceptors (Lipinski definition) is 4. The minimum atomic E-state index is -0.644. The predicted molar refractivity (Wildman–Crippen MR) is 95.7 cm³/mol. The predicted octanol–water partition coefficient (Wildman–Crippen LogP) is 3.13. The Morgan fingerprint density at radius 1 is 1.12 bits per heavy atom. The van der Waals surface area contributed by atoms with Gasteiger partial charge in [0, 0.05) is 22.0 Å². The molecule has 25 heavy (non-hydrogen) atoms. The second-order valence-corrected chi connectivity index (χ2v) is 6.74. The molecule has 0 saturated carbocycles. The summed E-state index contributed by atoms with van der Waals surface area (Å²) in [5.74, 6) is 0.104. The average molecular weight is 401 g/mol. The summed E-state index contributed by atoms with van der Waals surface area (Å²) in [4.78, 5) is 29.0. The van der Waals surface area contributed by atoms with E-state index in [9.17, 15) is 14.7 Å². The van der Waals surface area contributed by atoms with Crippen molar-refractivity contribution in [3.63, 3.8) is 0 Å². The van der Waals surface area contributed by atoms with Crippen LogP contribution in [0.1, 0.15) is 28.2 Å².